The molecule has 0 heterocycles. The van der Waals surface area contributed by atoms with Crippen LogP contribution in [0.5, 0.6) is 11.5 Å². The molecule has 0 amide bonds. The molecular weight excluding hydrogens is 302 g/mol. The number of hydrogen-bond donors (Lipinski definition) is 0. The maximum absolute atomic E-state index is 12.2. The number of ether oxygens (including phenoxy) is 2. The minimum atomic E-state index is -0.0932. The Morgan fingerprint density at radius 1 is 1.08 bits per heavy atom. The number of rotatable bonds is 7. The zero-order valence-corrected chi connectivity index (χ0v) is 13.7. The van der Waals surface area contributed by atoms with Crippen LogP contribution >= 0.6 is 0 Å². The number of allylic oxidation sites excluding steroid dienone is 1. The van der Waals surface area contributed by atoms with Crippen LogP contribution in [-0.2, 0) is 0 Å². The molecule has 4 nitrogen and oxygen atoms in total. The fraction of sp³-hybridized carbons (Fsp3) is 0.200. The van der Waals surface area contributed by atoms with Crippen molar-refractivity contribution in [3.63, 3.8) is 0 Å². The maximum Gasteiger partial charge on any atom is 0.185 e. The van der Waals surface area contributed by atoms with Crippen molar-refractivity contribution in [3.05, 3.63) is 65.7 Å². The summed E-state index contributed by atoms with van der Waals surface area (Å²) in [6.07, 6.45) is 3.43. The second kappa shape index (κ2) is 8.54. The average molecular weight is 321 g/mol. The van der Waals surface area contributed by atoms with Crippen molar-refractivity contribution < 1.29 is 14.3 Å². The van der Waals surface area contributed by atoms with Gasteiger partial charge >= 0.3 is 0 Å². The van der Waals surface area contributed by atoms with Gasteiger partial charge in [-0.1, -0.05) is 18.2 Å². The molecule has 0 fully saturated rings. The topological polar surface area (TPSA) is 59.3 Å². The lowest BCUT2D eigenvalue weighted by Gasteiger charge is -2.09. The van der Waals surface area contributed by atoms with Gasteiger partial charge in [-0.05, 0) is 61.9 Å². The third-order valence-electron chi connectivity index (χ3n) is 3.12. The number of carbonyl (C=O) groups excluding carboxylic acids is 1. The van der Waals surface area contributed by atoms with Crippen LogP contribution in [-0.4, -0.2) is 18.5 Å². The Labute approximate surface area is 141 Å². The largest absolute Gasteiger partial charge is 0.491 e. The molecule has 0 aliphatic carbocycles. The Kier molecular flexibility index (Phi) is 6.16. The minimum Gasteiger partial charge on any atom is -0.491 e. The summed E-state index contributed by atoms with van der Waals surface area (Å²) in [5.41, 5.74) is 1.49. The summed E-state index contributed by atoms with van der Waals surface area (Å²) in [5, 5.41) is 8.46. The van der Waals surface area contributed by atoms with Crippen molar-refractivity contribution >= 4 is 11.9 Å². The van der Waals surface area contributed by atoms with Gasteiger partial charge in [-0.2, -0.15) is 5.26 Å². The van der Waals surface area contributed by atoms with Crippen molar-refractivity contribution in [1.82, 2.24) is 0 Å². The van der Waals surface area contributed by atoms with Crippen LogP contribution < -0.4 is 9.47 Å². The van der Waals surface area contributed by atoms with Gasteiger partial charge in [-0.15, -0.1) is 0 Å². The summed E-state index contributed by atoms with van der Waals surface area (Å²) >= 11 is 0. The molecule has 24 heavy (non-hydrogen) atoms. The first-order valence-corrected chi connectivity index (χ1v) is 7.67. The van der Waals surface area contributed by atoms with Crippen molar-refractivity contribution in [3.8, 4) is 17.6 Å². The fourth-order valence-electron chi connectivity index (χ4n) is 2.03. The Balaban J connectivity index is 1.98. The van der Waals surface area contributed by atoms with Gasteiger partial charge in [0, 0.05) is 5.56 Å². The molecule has 0 atom stereocenters. The molecule has 0 spiro atoms. The fourth-order valence-corrected chi connectivity index (χ4v) is 2.03. The lowest BCUT2D eigenvalue weighted by Crippen LogP contribution is -2.05. The second-order valence-electron chi connectivity index (χ2n) is 5.40. The Morgan fingerprint density at radius 3 is 2.29 bits per heavy atom. The van der Waals surface area contributed by atoms with Gasteiger partial charge in [-0.3, -0.25) is 4.79 Å². The first-order valence-electron chi connectivity index (χ1n) is 7.67. The number of hydrogen-bond acceptors (Lipinski definition) is 4. The molecule has 0 aliphatic heterocycles. The smallest absolute Gasteiger partial charge is 0.185 e. The second-order valence-corrected chi connectivity index (χ2v) is 5.40. The summed E-state index contributed by atoms with van der Waals surface area (Å²) in [6.45, 7) is 3.94. The number of carbonyl (C=O) groups is 1. The maximum atomic E-state index is 12.2. The van der Waals surface area contributed by atoms with Crippen molar-refractivity contribution in [2.75, 3.05) is 6.61 Å². The van der Waals surface area contributed by atoms with Crippen LogP contribution in [0.15, 0.2) is 54.6 Å². The van der Waals surface area contributed by atoms with E-state index in [1.165, 1.54) is 6.08 Å². The monoisotopic (exact) mass is 321 g/mol. The molecule has 0 saturated heterocycles. The van der Waals surface area contributed by atoms with Crippen molar-refractivity contribution in [2.45, 2.75) is 20.0 Å². The van der Waals surface area contributed by atoms with E-state index in [4.69, 9.17) is 14.7 Å². The van der Waals surface area contributed by atoms with Crippen molar-refractivity contribution in [1.29, 1.82) is 5.26 Å². The number of nitriles is 1. The van der Waals surface area contributed by atoms with Gasteiger partial charge in [0.15, 0.2) is 12.4 Å². The number of benzene rings is 2. The molecule has 0 unspecified atom stereocenters. The Morgan fingerprint density at radius 2 is 1.71 bits per heavy atom. The van der Waals surface area contributed by atoms with E-state index in [9.17, 15) is 4.79 Å². The zero-order valence-electron chi connectivity index (χ0n) is 13.7. The molecule has 0 bridgehead atoms. The molecular formula is C20H19NO3. The molecule has 2 aromatic carbocycles. The molecule has 0 saturated carbocycles. The van der Waals surface area contributed by atoms with E-state index in [0.717, 1.165) is 11.3 Å². The normalized spacial score (nSPS) is 10.6. The van der Waals surface area contributed by atoms with Crippen LogP contribution in [0.3, 0.4) is 0 Å². The SMILES string of the molecule is CC(C)Oc1ccc(/C=C/C(=O)c2ccc(OCC#N)cc2)cc1. The van der Waals surface area contributed by atoms with Gasteiger partial charge in [0.2, 0.25) is 0 Å². The highest BCUT2D eigenvalue weighted by Gasteiger charge is 2.02. The lowest BCUT2D eigenvalue weighted by atomic mass is 10.1. The average Bonchev–Trinajstić information content (AvgIpc) is 2.59. The molecule has 2 aromatic rings. The molecule has 0 N–H and O–H groups in total. The standard InChI is InChI=1S/C20H19NO3/c1-15(2)24-19-8-3-16(4-9-19)5-12-20(22)17-6-10-18(11-7-17)23-14-13-21/h3-12,15H,14H2,1-2H3/b12-5+. The number of nitrogens with zero attached hydrogens (tertiary/aromatic N) is 1. The summed E-state index contributed by atoms with van der Waals surface area (Å²) in [5.74, 6) is 1.28. The molecule has 2 rings (SSSR count). The lowest BCUT2D eigenvalue weighted by molar-refractivity contribution is 0.104. The summed E-state index contributed by atoms with van der Waals surface area (Å²) in [6, 6.07) is 16.2. The highest BCUT2D eigenvalue weighted by Crippen LogP contribution is 2.16. The van der Waals surface area contributed by atoms with E-state index in [2.05, 4.69) is 0 Å². The molecule has 0 aromatic heterocycles. The highest BCUT2D eigenvalue weighted by atomic mass is 16.5. The van der Waals surface area contributed by atoms with E-state index < -0.39 is 0 Å². The van der Waals surface area contributed by atoms with Crippen LogP contribution in [0.1, 0.15) is 29.8 Å². The number of ketones is 1. The predicted molar refractivity (Wildman–Crippen MR) is 93.1 cm³/mol. The molecule has 122 valence electrons. The molecule has 0 aliphatic rings. The quantitative estimate of drug-likeness (QED) is 0.564. The van der Waals surface area contributed by atoms with Gasteiger partial charge in [-0.25, -0.2) is 0 Å². The zero-order chi connectivity index (χ0) is 17.4. The third kappa shape index (κ3) is 5.29. The van der Waals surface area contributed by atoms with Crippen LogP contribution in [0.2, 0.25) is 0 Å². The Bertz CT molecular complexity index is 738. The van der Waals surface area contributed by atoms with Gasteiger partial charge in [0.25, 0.3) is 0 Å². The molecule has 4 heteroatoms. The van der Waals surface area contributed by atoms with E-state index in [-0.39, 0.29) is 18.5 Å². The van der Waals surface area contributed by atoms with E-state index >= 15 is 0 Å². The van der Waals surface area contributed by atoms with E-state index in [1.54, 1.807) is 30.3 Å². The summed E-state index contributed by atoms with van der Waals surface area (Å²) < 4.78 is 10.7. The highest BCUT2D eigenvalue weighted by molar-refractivity contribution is 6.06. The van der Waals surface area contributed by atoms with Crippen LogP contribution in [0, 0.1) is 11.3 Å². The minimum absolute atomic E-state index is 0.0102. The third-order valence-corrected chi connectivity index (χ3v) is 3.12. The van der Waals surface area contributed by atoms with Crippen LogP contribution in [0.4, 0.5) is 0 Å². The Hall–Kier alpha value is -3.06. The summed E-state index contributed by atoms with van der Waals surface area (Å²) in [4.78, 5) is 12.2. The predicted octanol–water partition coefficient (Wildman–Crippen LogP) is 4.27. The van der Waals surface area contributed by atoms with Crippen LogP contribution in [0.25, 0.3) is 6.08 Å². The van der Waals surface area contributed by atoms with Gasteiger partial charge in [0.1, 0.15) is 17.6 Å². The molecule has 0 radical (unpaired) electrons. The first kappa shape index (κ1) is 17.3. The van der Waals surface area contributed by atoms with Gasteiger partial charge < -0.3 is 9.47 Å². The van der Waals surface area contributed by atoms with E-state index in [0.29, 0.717) is 11.3 Å². The van der Waals surface area contributed by atoms with E-state index in [1.807, 2.05) is 44.2 Å². The van der Waals surface area contributed by atoms with Crippen molar-refractivity contribution in [2.24, 2.45) is 0 Å². The summed E-state index contributed by atoms with van der Waals surface area (Å²) in [7, 11) is 0. The van der Waals surface area contributed by atoms with Gasteiger partial charge in [0.05, 0.1) is 6.10 Å². The first-order chi connectivity index (χ1) is 11.6.